The van der Waals surface area contributed by atoms with Crippen molar-refractivity contribution in [2.75, 3.05) is 14.1 Å². The van der Waals surface area contributed by atoms with Gasteiger partial charge in [0.2, 0.25) is 0 Å². The van der Waals surface area contributed by atoms with Crippen molar-refractivity contribution in [2.45, 2.75) is 12.7 Å². The number of hydrogen-bond acceptors (Lipinski definition) is 4. The van der Waals surface area contributed by atoms with Gasteiger partial charge in [-0.3, -0.25) is 4.79 Å². The first kappa shape index (κ1) is 23.7. The zero-order valence-corrected chi connectivity index (χ0v) is 16.2. The van der Waals surface area contributed by atoms with Crippen molar-refractivity contribution in [2.24, 2.45) is 5.73 Å². The minimum absolute atomic E-state index is 0.00606. The third-order valence-corrected chi connectivity index (χ3v) is 3.87. The molecule has 0 unspecified atom stereocenters. The number of fused-ring (bicyclic) bond motifs is 1. The second-order valence-electron chi connectivity index (χ2n) is 6.65. The summed E-state index contributed by atoms with van der Waals surface area (Å²) in [6, 6.07) is 7.04. The molecule has 1 aromatic heterocycles. The first-order chi connectivity index (χ1) is 14.3. The SMILES string of the molecule is CN(C)Cc1ccc(-n2cc3cc(F)cc(C(N)=O)c3n2)cc1F.O=C(O)C(F)(F)F. The Kier molecular flexibility index (Phi) is 6.95. The van der Waals surface area contributed by atoms with Crippen molar-refractivity contribution in [1.82, 2.24) is 14.7 Å². The van der Waals surface area contributed by atoms with E-state index >= 15 is 0 Å². The van der Waals surface area contributed by atoms with Gasteiger partial charge in [-0.1, -0.05) is 6.07 Å². The minimum Gasteiger partial charge on any atom is -0.475 e. The molecule has 12 heteroatoms. The number of nitrogens with two attached hydrogens (primary N) is 1. The molecule has 0 spiro atoms. The summed E-state index contributed by atoms with van der Waals surface area (Å²) in [6.07, 6.45) is -3.55. The van der Waals surface area contributed by atoms with Crippen molar-refractivity contribution in [3.05, 3.63) is 59.3 Å². The molecular weight excluding hydrogens is 427 g/mol. The Bertz CT molecular complexity index is 1130. The smallest absolute Gasteiger partial charge is 0.475 e. The fraction of sp³-hybridized carbons (Fsp3) is 0.211. The molecule has 0 aliphatic carbocycles. The number of halogens is 5. The molecule has 0 radical (unpaired) electrons. The molecular formula is C19H17F5N4O3. The van der Waals surface area contributed by atoms with Gasteiger partial charge in [0.25, 0.3) is 5.91 Å². The highest BCUT2D eigenvalue weighted by molar-refractivity contribution is 6.04. The van der Waals surface area contributed by atoms with Gasteiger partial charge in [-0.15, -0.1) is 0 Å². The number of alkyl halides is 3. The van der Waals surface area contributed by atoms with Crippen molar-refractivity contribution in [3.63, 3.8) is 0 Å². The zero-order chi connectivity index (χ0) is 23.5. The van der Waals surface area contributed by atoms with Gasteiger partial charge in [-0.25, -0.2) is 18.3 Å². The van der Waals surface area contributed by atoms with Gasteiger partial charge < -0.3 is 15.7 Å². The lowest BCUT2D eigenvalue weighted by atomic mass is 10.1. The predicted molar refractivity (Wildman–Crippen MR) is 101 cm³/mol. The monoisotopic (exact) mass is 444 g/mol. The van der Waals surface area contributed by atoms with E-state index in [-0.39, 0.29) is 16.9 Å². The van der Waals surface area contributed by atoms with Gasteiger partial charge in [0, 0.05) is 23.7 Å². The van der Waals surface area contributed by atoms with Crippen LogP contribution in [0.25, 0.3) is 16.6 Å². The third kappa shape index (κ3) is 5.98. The molecule has 0 fully saturated rings. The van der Waals surface area contributed by atoms with Crippen molar-refractivity contribution in [1.29, 1.82) is 0 Å². The molecule has 0 saturated carbocycles. The minimum atomic E-state index is -5.08. The summed E-state index contributed by atoms with van der Waals surface area (Å²) in [7, 11) is 3.71. The van der Waals surface area contributed by atoms with Crippen LogP contribution in [0.15, 0.2) is 36.5 Å². The van der Waals surface area contributed by atoms with E-state index in [0.29, 0.717) is 23.2 Å². The second-order valence-corrected chi connectivity index (χ2v) is 6.65. The second kappa shape index (κ2) is 9.08. The van der Waals surface area contributed by atoms with Gasteiger partial charge in [0.1, 0.15) is 17.2 Å². The van der Waals surface area contributed by atoms with Crippen LogP contribution in [-0.2, 0) is 11.3 Å². The number of rotatable bonds is 4. The Morgan fingerprint density at radius 2 is 1.77 bits per heavy atom. The molecule has 3 N–H and O–H groups in total. The number of nitrogens with zero attached hydrogens (tertiary/aromatic N) is 3. The fourth-order valence-corrected chi connectivity index (χ4v) is 2.57. The largest absolute Gasteiger partial charge is 0.490 e. The summed E-state index contributed by atoms with van der Waals surface area (Å²) in [5.74, 6) is -4.46. The molecule has 1 heterocycles. The number of carbonyl (C=O) groups excluding carboxylic acids is 1. The maximum Gasteiger partial charge on any atom is 0.490 e. The van der Waals surface area contributed by atoms with E-state index in [1.807, 2.05) is 19.0 Å². The van der Waals surface area contributed by atoms with Gasteiger partial charge >= 0.3 is 12.1 Å². The summed E-state index contributed by atoms with van der Waals surface area (Å²) in [4.78, 5) is 22.2. The van der Waals surface area contributed by atoms with E-state index in [0.717, 1.165) is 6.07 Å². The molecule has 2 aromatic carbocycles. The van der Waals surface area contributed by atoms with Crippen LogP contribution in [0.2, 0.25) is 0 Å². The summed E-state index contributed by atoms with van der Waals surface area (Å²) in [5, 5.41) is 11.8. The van der Waals surface area contributed by atoms with Gasteiger partial charge in [0.05, 0.1) is 11.3 Å². The number of primary amides is 1. The quantitative estimate of drug-likeness (QED) is 0.603. The Labute approximate surface area is 172 Å². The van der Waals surface area contributed by atoms with Crippen LogP contribution in [0.5, 0.6) is 0 Å². The first-order valence-electron chi connectivity index (χ1n) is 8.52. The Hall–Kier alpha value is -3.54. The van der Waals surface area contributed by atoms with E-state index in [2.05, 4.69) is 5.10 Å². The van der Waals surface area contributed by atoms with E-state index in [1.54, 1.807) is 12.1 Å². The number of carbonyl (C=O) groups is 2. The number of aromatic nitrogens is 2. The van der Waals surface area contributed by atoms with Gasteiger partial charge in [0.15, 0.2) is 0 Å². The number of aliphatic carboxylic acids is 1. The highest BCUT2D eigenvalue weighted by Crippen LogP contribution is 2.22. The van der Waals surface area contributed by atoms with Crippen molar-refractivity contribution >= 4 is 22.8 Å². The lowest BCUT2D eigenvalue weighted by Crippen LogP contribution is -2.21. The molecule has 31 heavy (non-hydrogen) atoms. The highest BCUT2D eigenvalue weighted by atomic mass is 19.4. The number of benzene rings is 2. The van der Waals surface area contributed by atoms with Crippen LogP contribution in [0.3, 0.4) is 0 Å². The fourth-order valence-electron chi connectivity index (χ4n) is 2.57. The number of amides is 1. The van der Waals surface area contributed by atoms with Crippen molar-refractivity contribution < 1.29 is 36.6 Å². The van der Waals surface area contributed by atoms with Crippen LogP contribution in [0.1, 0.15) is 15.9 Å². The number of hydrogen-bond donors (Lipinski definition) is 2. The molecule has 166 valence electrons. The molecule has 1 amide bonds. The molecule has 0 saturated heterocycles. The maximum absolute atomic E-state index is 14.2. The molecule has 0 bridgehead atoms. The van der Waals surface area contributed by atoms with Gasteiger partial charge in [-0.2, -0.15) is 18.3 Å². The van der Waals surface area contributed by atoms with Gasteiger partial charge in [-0.05, 0) is 38.4 Å². The summed E-state index contributed by atoms with van der Waals surface area (Å²) in [5.41, 5.74) is 6.57. The first-order valence-corrected chi connectivity index (χ1v) is 8.52. The molecule has 3 rings (SSSR count). The van der Waals surface area contributed by atoms with Crippen LogP contribution >= 0.6 is 0 Å². The topological polar surface area (TPSA) is 101 Å². The van der Waals surface area contributed by atoms with Crippen LogP contribution < -0.4 is 5.73 Å². The predicted octanol–water partition coefficient (Wildman–Crippen LogP) is 3.10. The Morgan fingerprint density at radius 1 is 1.16 bits per heavy atom. The molecule has 0 aliphatic rings. The van der Waals surface area contributed by atoms with E-state index in [4.69, 9.17) is 15.6 Å². The lowest BCUT2D eigenvalue weighted by Gasteiger charge is -2.11. The maximum atomic E-state index is 14.2. The average Bonchev–Trinajstić information content (AvgIpc) is 3.05. The Balaban J connectivity index is 0.000000423. The molecule has 7 nitrogen and oxygen atoms in total. The zero-order valence-electron chi connectivity index (χ0n) is 16.2. The summed E-state index contributed by atoms with van der Waals surface area (Å²) < 4.78 is 61.0. The number of carboxylic acid groups (broad SMARTS) is 1. The highest BCUT2D eigenvalue weighted by Gasteiger charge is 2.38. The van der Waals surface area contributed by atoms with Crippen LogP contribution in [-0.4, -0.2) is 51.9 Å². The van der Waals surface area contributed by atoms with Crippen molar-refractivity contribution in [3.8, 4) is 5.69 Å². The lowest BCUT2D eigenvalue weighted by molar-refractivity contribution is -0.192. The third-order valence-electron chi connectivity index (χ3n) is 3.87. The normalized spacial score (nSPS) is 11.4. The van der Waals surface area contributed by atoms with E-state index in [9.17, 15) is 26.7 Å². The Morgan fingerprint density at radius 3 is 2.26 bits per heavy atom. The number of carboxylic acids is 1. The average molecular weight is 444 g/mol. The van der Waals surface area contributed by atoms with Crippen LogP contribution in [0.4, 0.5) is 22.0 Å². The van der Waals surface area contributed by atoms with Crippen LogP contribution in [0, 0.1) is 11.6 Å². The molecule has 3 aromatic rings. The molecule has 0 atom stereocenters. The standard InChI is InChI=1S/C17H16F2N4O.C2HF3O2/c1-22(2)8-10-3-4-13(7-15(10)19)23-9-11-5-12(18)6-14(17(20)24)16(11)21-23;3-2(4,5)1(6)7/h3-7,9H,8H2,1-2H3,(H2,20,24);(H,6,7). The summed E-state index contributed by atoms with van der Waals surface area (Å²) in [6.45, 7) is 0.476. The molecule has 0 aliphatic heterocycles. The van der Waals surface area contributed by atoms with E-state index in [1.165, 1.54) is 23.0 Å². The van der Waals surface area contributed by atoms with E-state index < -0.39 is 23.9 Å². The summed E-state index contributed by atoms with van der Waals surface area (Å²) >= 11 is 0.